The number of thioether (sulfide) groups is 1. The Morgan fingerprint density at radius 3 is 2.71 bits per heavy atom. The van der Waals surface area contributed by atoms with Gasteiger partial charge < -0.3 is 14.0 Å². The van der Waals surface area contributed by atoms with Crippen molar-refractivity contribution in [3.8, 4) is 11.5 Å². The molecule has 9 heteroatoms. The van der Waals surface area contributed by atoms with E-state index in [1.54, 1.807) is 32.4 Å². The van der Waals surface area contributed by atoms with Gasteiger partial charge in [0, 0.05) is 10.6 Å². The lowest BCUT2D eigenvalue weighted by atomic mass is 10.2. The Hall–Kier alpha value is -3.49. The van der Waals surface area contributed by atoms with Gasteiger partial charge in [0.1, 0.15) is 11.5 Å². The topological polar surface area (TPSA) is 77.7 Å². The third kappa shape index (κ3) is 5.52. The van der Waals surface area contributed by atoms with Gasteiger partial charge in [-0.3, -0.25) is 4.79 Å². The molecule has 1 aromatic heterocycles. The molecule has 0 aliphatic carbocycles. The van der Waals surface area contributed by atoms with Crippen molar-refractivity contribution in [2.45, 2.75) is 11.7 Å². The van der Waals surface area contributed by atoms with Crippen LogP contribution in [-0.2, 0) is 11.3 Å². The molecule has 0 radical (unpaired) electrons. The van der Waals surface area contributed by atoms with Gasteiger partial charge in [0.2, 0.25) is 0 Å². The van der Waals surface area contributed by atoms with Crippen molar-refractivity contribution < 1.29 is 14.3 Å². The zero-order chi connectivity index (χ0) is 23.9. The summed E-state index contributed by atoms with van der Waals surface area (Å²) in [5, 5.41) is 5.49. The molecule has 0 unspecified atom stereocenters. The smallest absolute Gasteiger partial charge is 0.250 e. The van der Waals surface area contributed by atoms with E-state index in [0.29, 0.717) is 28.6 Å². The fourth-order valence-electron chi connectivity index (χ4n) is 3.39. The van der Waals surface area contributed by atoms with Gasteiger partial charge in [-0.15, -0.1) is 0 Å². The number of imidazole rings is 1. The van der Waals surface area contributed by atoms with E-state index in [2.05, 4.69) is 15.1 Å². The first kappa shape index (κ1) is 23.7. The number of hydrogen-bond acceptors (Lipinski definition) is 6. The molecule has 7 nitrogen and oxygen atoms in total. The summed E-state index contributed by atoms with van der Waals surface area (Å²) >= 11 is 7.73. The van der Waals surface area contributed by atoms with Crippen molar-refractivity contribution in [3.63, 3.8) is 0 Å². The number of fused-ring (bicyclic) bond motifs is 1. The van der Waals surface area contributed by atoms with E-state index >= 15 is 0 Å². The maximum absolute atomic E-state index is 12.5. The molecule has 4 aromatic rings. The molecule has 1 heterocycles. The highest BCUT2D eigenvalue weighted by Gasteiger charge is 2.14. The molecular formula is C25H23ClN4O3S. The fourth-order valence-corrected chi connectivity index (χ4v) is 4.39. The molecule has 3 aromatic carbocycles. The number of ether oxygens (including phenoxy) is 2. The summed E-state index contributed by atoms with van der Waals surface area (Å²) in [5.74, 6) is 1.20. The Balaban J connectivity index is 1.46. The van der Waals surface area contributed by atoms with Crippen molar-refractivity contribution in [3.05, 3.63) is 82.9 Å². The van der Waals surface area contributed by atoms with E-state index in [1.165, 1.54) is 18.0 Å². The maximum atomic E-state index is 12.5. The van der Waals surface area contributed by atoms with E-state index in [0.717, 1.165) is 21.8 Å². The van der Waals surface area contributed by atoms with Crippen LogP contribution in [0, 0.1) is 0 Å². The van der Waals surface area contributed by atoms with Crippen LogP contribution in [0.2, 0.25) is 5.02 Å². The number of methoxy groups -OCH3 is 2. The summed E-state index contributed by atoms with van der Waals surface area (Å²) < 4.78 is 12.6. The lowest BCUT2D eigenvalue weighted by Crippen LogP contribution is -2.20. The van der Waals surface area contributed by atoms with Gasteiger partial charge in [-0.2, -0.15) is 5.10 Å². The molecular weight excluding hydrogens is 472 g/mol. The Kier molecular flexibility index (Phi) is 7.72. The molecule has 0 saturated carbocycles. The van der Waals surface area contributed by atoms with E-state index in [9.17, 15) is 4.79 Å². The number of amides is 1. The van der Waals surface area contributed by atoms with Gasteiger partial charge in [-0.1, -0.05) is 53.7 Å². The molecule has 0 bridgehead atoms. The number of aromatic nitrogens is 2. The van der Waals surface area contributed by atoms with Crippen LogP contribution in [0.15, 0.2) is 77.0 Å². The van der Waals surface area contributed by atoms with Gasteiger partial charge in [0.05, 0.1) is 43.8 Å². The third-order valence-electron chi connectivity index (χ3n) is 5.07. The SMILES string of the molecule is COc1ccc(OC)c(C=NNC(=O)CSc2nc3ccccc3n2Cc2ccccc2Cl)c1. The minimum atomic E-state index is -0.250. The first-order valence-corrected chi connectivity index (χ1v) is 11.8. The van der Waals surface area contributed by atoms with E-state index in [1.807, 2.05) is 48.5 Å². The molecule has 0 aliphatic rings. The molecule has 0 aliphatic heterocycles. The van der Waals surface area contributed by atoms with Crippen LogP contribution < -0.4 is 14.9 Å². The molecule has 4 rings (SSSR count). The van der Waals surface area contributed by atoms with E-state index in [-0.39, 0.29) is 11.7 Å². The lowest BCUT2D eigenvalue weighted by molar-refractivity contribution is -0.118. The molecule has 1 amide bonds. The van der Waals surface area contributed by atoms with Crippen molar-refractivity contribution in [1.29, 1.82) is 0 Å². The predicted molar refractivity (Wildman–Crippen MR) is 136 cm³/mol. The van der Waals surface area contributed by atoms with Crippen LogP contribution in [-0.4, -0.2) is 41.6 Å². The van der Waals surface area contributed by atoms with Crippen LogP contribution in [0.4, 0.5) is 0 Å². The number of carbonyl (C=O) groups excluding carboxylic acids is 1. The summed E-state index contributed by atoms with van der Waals surface area (Å²) in [6.45, 7) is 0.553. The summed E-state index contributed by atoms with van der Waals surface area (Å²) in [6, 6.07) is 20.9. The number of benzene rings is 3. The molecule has 0 fully saturated rings. The monoisotopic (exact) mass is 494 g/mol. The first-order chi connectivity index (χ1) is 16.6. The number of rotatable bonds is 9. The van der Waals surface area contributed by atoms with Crippen molar-refractivity contribution in [2.24, 2.45) is 5.10 Å². The second kappa shape index (κ2) is 11.1. The number of carbonyl (C=O) groups is 1. The summed E-state index contributed by atoms with van der Waals surface area (Å²) in [5.41, 5.74) is 6.07. The maximum Gasteiger partial charge on any atom is 0.250 e. The molecule has 0 spiro atoms. The zero-order valence-electron chi connectivity index (χ0n) is 18.7. The van der Waals surface area contributed by atoms with Crippen LogP contribution in [0.3, 0.4) is 0 Å². The molecule has 1 N–H and O–H groups in total. The molecule has 0 saturated heterocycles. The van der Waals surface area contributed by atoms with Gasteiger partial charge in [0.25, 0.3) is 5.91 Å². The van der Waals surface area contributed by atoms with Crippen molar-refractivity contribution in [2.75, 3.05) is 20.0 Å². The highest BCUT2D eigenvalue weighted by molar-refractivity contribution is 7.99. The summed E-state index contributed by atoms with van der Waals surface area (Å²) in [4.78, 5) is 17.2. The number of nitrogens with zero attached hydrogens (tertiary/aromatic N) is 3. The molecule has 34 heavy (non-hydrogen) atoms. The first-order valence-electron chi connectivity index (χ1n) is 10.4. The second-order valence-electron chi connectivity index (χ2n) is 7.25. The second-order valence-corrected chi connectivity index (χ2v) is 8.60. The Labute approximate surface area is 206 Å². The number of halogens is 1. The summed E-state index contributed by atoms with van der Waals surface area (Å²) in [6.07, 6.45) is 1.52. The molecule has 0 atom stereocenters. The third-order valence-corrected chi connectivity index (χ3v) is 6.41. The van der Waals surface area contributed by atoms with Crippen LogP contribution in [0.1, 0.15) is 11.1 Å². The predicted octanol–water partition coefficient (Wildman–Crippen LogP) is 5.00. The largest absolute Gasteiger partial charge is 0.497 e. The normalized spacial score (nSPS) is 11.1. The highest BCUT2D eigenvalue weighted by atomic mass is 35.5. The van der Waals surface area contributed by atoms with Gasteiger partial charge in [0.15, 0.2) is 5.16 Å². The van der Waals surface area contributed by atoms with E-state index < -0.39 is 0 Å². The van der Waals surface area contributed by atoms with Crippen LogP contribution in [0.25, 0.3) is 11.0 Å². The fraction of sp³-hybridized carbons (Fsp3) is 0.160. The Morgan fingerprint density at radius 2 is 1.91 bits per heavy atom. The number of hydrogen-bond donors (Lipinski definition) is 1. The van der Waals surface area contributed by atoms with E-state index in [4.69, 9.17) is 26.1 Å². The average molecular weight is 495 g/mol. The van der Waals surface area contributed by atoms with Gasteiger partial charge >= 0.3 is 0 Å². The van der Waals surface area contributed by atoms with Crippen molar-refractivity contribution >= 4 is 46.5 Å². The summed E-state index contributed by atoms with van der Waals surface area (Å²) in [7, 11) is 3.16. The number of para-hydroxylation sites is 2. The minimum absolute atomic E-state index is 0.151. The quantitative estimate of drug-likeness (QED) is 0.201. The average Bonchev–Trinajstić information content (AvgIpc) is 3.21. The molecule has 174 valence electrons. The minimum Gasteiger partial charge on any atom is -0.497 e. The Morgan fingerprint density at radius 1 is 1.12 bits per heavy atom. The standard InChI is InChI=1S/C25H23ClN4O3S/c1-32-19-11-12-23(33-2)18(13-19)14-27-29-24(31)16-34-25-28-21-9-5-6-10-22(21)30(25)15-17-7-3-4-8-20(17)26/h3-14H,15-16H2,1-2H3,(H,29,31). The lowest BCUT2D eigenvalue weighted by Gasteiger charge is -2.10. The zero-order valence-corrected chi connectivity index (χ0v) is 20.3. The van der Waals surface area contributed by atoms with Crippen molar-refractivity contribution in [1.82, 2.24) is 15.0 Å². The van der Waals surface area contributed by atoms with Gasteiger partial charge in [-0.25, -0.2) is 10.4 Å². The van der Waals surface area contributed by atoms with Crippen LogP contribution >= 0.6 is 23.4 Å². The Bertz CT molecular complexity index is 1340. The highest BCUT2D eigenvalue weighted by Crippen LogP contribution is 2.27. The van der Waals surface area contributed by atoms with Crippen LogP contribution in [0.5, 0.6) is 11.5 Å². The number of hydrazone groups is 1. The van der Waals surface area contributed by atoms with Gasteiger partial charge in [-0.05, 0) is 42.0 Å². The number of nitrogens with one attached hydrogen (secondary N) is 1.